The summed E-state index contributed by atoms with van der Waals surface area (Å²) >= 11 is 0. The summed E-state index contributed by atoms with van der Waals surface area (Å²) in [7, 11) is -0.400. The lowest BCUT2D eigenvalue weighted by molar-refractivity contribution is 0.590. The van der Waals surface area contributed by atoms with E-state index in [0.29, 0.717) is 5.66 Å². The van der Waals surface area contributed by atoms with Crippen LogP contribution in [0.5, 0.6) is 0 Å². The summed E-state index contributed by atoms with van der Waals surface area (Å²) in [5.74, 6) is 0. The Hall–Kier alpha value is -1.92. The molecule has 0 saturated carbocycles. The van der Waals surface area contributed by atoms with E-state index in [-0.39, 0.29) is 0 Å². The number of hydrogen-bond acceptors (Lipinski definition) is 1. The van der Waals surface area contributed by atoms with Crippen molar-refractivity contribution < 1.29 is 0 Å². The van der Waals surface area contributed by atoms with Crippen molar-refractivity contribution in [2.75, 3.05) is 0 Å². The molecule has 1 aromatic heterocycles. The summed E-state index contributed by atoms with van der Waals surface area (Å²) < 4.78 is 2.15. The van der Waals surface area contributed by atoms with E-state index in [1.54, 1.807) is 0 Å². The van der Waals surface area contributed by atoms with Crippen molar-refractivity contribution in [3.05, 3.63) is 78.1 Å². The topological polar surface area (TPSA) is 17.8 Å². The molecule has 0 radical (unpaired) electrons. The Kier molecular flexibility index (Phi) is 4.93. The number of benzene rings is 2. The minimum absolute atomic E-state index is 0.400. The van der Waals surface area contributed by atoms with Crippen molar-refractivity contribution in [1.82, 2.24) is 9.78 Å². The molecule has 3 heteroatoms. The zero-order chi connectivity index (χ0) is 16.2. The quantitative estimate of drug-likeness (QED) is 0.649. The van der Waals surface area contributed by atoms with Crippen LogP contribution in [0.15, 0.2) is 66.7 Å². The second-order valence-corrected chi connectivity index (χ2v) is 8.65. The van der Waals surface area contributed by atoms with Crippen LogP contribution < -0.4 is 10.6 Å². The minimum Gasteiger partial charge on any atom is -0.269 e. The molecule has 0 aliphatic carbocycles. The van der Waals surface area contributed by atoms with Gasteiger partial charge in [-0.2, -0.15) is 5.10 Å². The highest BCUT2D eigenvalue weighted by molar-refractivity contribution is 7.73. The molecular formula is C20H23N2P. The molecule has 1 unspecified atom stereocenters. The summed E-state index contributed by atoms with van der Waals surface area (Å²) in [6.07, 6.45) is 0. The van der Waals surface area contributed by atoms with E-state index in [9.17, 15) is 0 Å². The van der Waals surface area contributed by atoms with E-state index >= 15 is 0 Å². The van der Waals surface area contributed by atoms with E-state index in [0.717, 1.165) is 12.2 Å². The fourth-order valence-corrected chi connectivity index (χ4v) is 5.65. The van der Waals surface area contributed by atoms with Gasteiger partial charge in [0.25, 0.3) is 0 Å². The van der Waals surface area contributed by atoms with E-state index in [4.69, 9.17) is 0 Å². The molecule has 1 heterocycles. The predicted octanol–water partition coefficient (Wildman–Crippen LogP) is 4.02. The van der Waals surface area contributed by atoms with Crippen molar-refractivity contribution in [3.8, 4) is 0 Å². The fourth-order valence-electron chi connectivity index (χ4n) is 3.03. The zero-order valence-electron chi connectivity index (χ0n) is 14.0. The average molecular weight is 322 g/mol. The molecule has 0 bridgehead atoms. The number of rotatable bonds is 5. The van der Waals surface area contributed by atoms with Crippen LogP contribution in [-0.2, 0) is 6.54 Å². The number of aryl methyl sites for hydroxylation is 2. The summed E-state index contributed by atoms with van der Waals surface area (Å²) in [6, 6.07) is 23.9. The lowest BCUT2D eigenvalue weighted by Gasteiger charge is -2.26. The van der Waals surface area contributed by atoms with Gasteiger partial charge in [-0.3, -0.25) is 4.68 Å². The van der Waals surface area contributed by atoms with Crippen LogP contribution in [0.1, 0.15) is 18.3 Å². The van der Waals surface area contributed by atoms with Crippen molar-refractivity contribution in [1.29, 1.82) is 0 Å². The smallest absolute Gasteiger partial charge is 0.0596 e. The highest BCUT2D eigenvalue weighted by atomic mass is 31.1. The molecule has 0 spiro atoms. The Bertz CT molecular complexity index is 710. The van der Waals surface area contributed by atoms with Crippen molar-refractivity contribution in [2.24, 2.45) is 0 Å². The van der Waals surface area contributed by atoms with Crippen LogP contribution in [0.4, 0.5) is 0 Å². The molecular weight excluding hydrogens is 299 g/mol. The van der Waals surface area contributed by atoms with Gasteiger partial charge in [0, 0.05) is 17.9 Å². The summed E-state index contributed by atoms with van der Waals surface area (Å²) in [4.78, 5) is 0. The maximum atomic E-state index is 4.65. The second-order valence-electron chi connectivity index (χ2n) is 6.00. The first-order valence-electron chi connectivity index (χ1n) is 8.05. The molecule has 0 aliphatic rings. The maximum absolute atomic E-state index is 4.65. The van der Waals surface area contributed by atoms with Gasteiger partial charge in [-0.1, -0.05) is 67.6 Å². The van der Waals surface area contributed by atoms with E-state index in [2.05, 4.69) is 97.3 Å². The van der Waals surface area contributed by atoms with Crippen LogP contribution in [0.25, 0.3) is 0 Å². The Morgan fingerprint density at radius 3 is 1.87 bits per heavy atom. The average Bonchev–Trinajstić information content (AvgIpc) is 2.87. The molecule has 23 heavy (non-hydrogen) atoms. The molecule has 0 fully saturated rings. The summed E-state index contributed by atoms with van der Waals surface area (Å²) in [5.41, 5.74) is 2.86. The van der Waals surface area contributed by atoms with Gasteiger partial charge in [-0.05, 0) is 38.4 Å². The molecule has 0 saturated heterocycles. The first-order chi connectivity index (χ1) is 11.1. The van der Waals surface area contributed by atoms with Crippen molar-refractivity contribution in [2.45, 2.75) is 33.0 Å². The molecule has 118 valence electrons. The molecule has 2 nitrogen and oxygen atoms in total. The normalized spacial score (nSPS) is 12.5. The van der Waals surface area contributed by atoms with Gasteiger partial charge in [-0.15, -0.1) is 0 Å². The molecule has 2 aromatic carbocycles. The number of aromatic nitrogens is 2. The van der Waals surface area contributed by atoms with Gasteiger partial charge in [-0.25, -0.2) is 0 Å². The lowest BCUT2D eigenvalue weighted by atomic mass is 10.4. The standard InChI is InChI=1S/C20H23N2P/c1-16-14-17(2)22(21-16)15-18(3)23(19-10-6-4-7-11-19)20-12-8-5-9-13-20/h4-14,18H,15H2,1-3H3. The van der Waals surface area contributed by atoms with Crippen LogP contribution in [0.2, 0.25) is 0 Å². The monoisotopic (exact) mass is 322 g/mol. The van der Waals surface area contributed by atoms with Gasteiger partial charge in [0.05, 0.1) is 5.69 Å². The molecule has 3 aromatic rings. The lowest BCUT2D eigenvalue weighted by Crippen LogP contribution is -2.24. The number of nitrogens with zero attached hydrogens (tertiary/aromatic N) is 2. The van der Waals surface area contributed by atoms with Crippen LogP contribution in [0.3, 0.4) is 0 Å². The first kappa shape index (κ1) is 16.0. The van der Waals surface area contributed by atoms with Crippen LogP contribution in [0, 0.1) is 13.8 Å². The first-order valence-corrected chi connectivity index (χ1v) is 9.46. The number of hydrogen-bond donors (Lipinski definition) is 0. The Balaban J connectivity index is 1.93. The zero-order valence-corrected chi connectivity index (χ0v) is 14.9. The Labute approximate surface area is 139 Å². The van der Waals surface area contributed by atoms with Gasteiger partial charge in [0.1, 0.15) is 0 Å². The SMILES string of the molecule is Cc1cc(C)n(CC(C)P(c2ccccc2)c2ccccc2)n1. The van der Waals surface area contributed by atoms with Crippen LogP contribution in [-0.4, -0.2) is 15.4 Å². The largest absolute Gasteiger partial charge is 0.269 e. The van der Waals surface area contributed by atoms with Crippen molar-refractivity contribution in [3.63, 3.8) is 0 Å². The van der Waals surface area contributed by atoms with E-state index < -0.39 is 7.92 Å². The minimum atomic E-state index is -0.400. The van der Waals surface area contributed by atoms with Gasteiger partial charge >= 0.3 is 0 Å². The third kappa shape index (κ3) is 3.71. The van der Waals surface area contributed by atoms with Gasteiger partial charge in [0.15, 0.2) is 0 Å². The highest BCUT2D eigenvalue weighted by Gasteiger charge is 2.22. The van der Waals surface area contributed by atoms with Crippen molar-refractivity contribution >= 4 is 18.5 Å². The third-order valence-corrected chi connectivity index (χ3v) is 6.80. The summed E-state index contributed by atoms with van der Waals surface area (Å²) in [5, 5.41) is 7.51. The molecule has 1 atom stereocenters. The molecule has 0 amide bonds. The Morgan fingerprint density at radius 1 is 0.913 bits per heavy atom. The fraction of sp³-hybridized carbons (Fsp3) is 0.250. The maximum Gasteiger partial charge on any atom is 0.0596 e. The van der Waals surface area contributed by atoms with Crippen LogP contribution >= 0.6 is 7.92 Å². The molecule has 0 N–H and O–H groups in total. The highest BCUT2D eigenvalue weighted by Crippen LogP contribution is 2.40. The van der Waals surface area contributed by atoms with E-state index in [1.807, 2.05) is 0 Å². The predicted molar refractivity (Wildman–Crippen MR) is 100 cm³/mol. The van der Waals surface area contributed by atoms with Gasteiger partial charge < -0.3 is 0 Å². The third-order valence-electron chi connectivity index (χ3n) is 4.05. The Morgan fingerprint density at radius 2 is 1.43 bits per heavy atom. The molecule has 3 rings (SSSR count). The van der Waals surface area contributed by atoms with E-state index in [1.165, 1.54) is 16.3 Å². The summed E-state index contributed by atoms with van der Waals surface area (Å²) in [6.45, 7) is 7.50. The second kappa shape index (κ2) is 7.10. The van der Waals surface area contributed by atoms with Gasteiger partial charge in [0.2, 0.25) is 0 Å². The molecule has 0 aliphatic heterocycles.